The van der Waals surface area contributed by atoms with Crippen LogP contribution in [0.15, 0.2) is 23.3 Å². The fourth-order valence-corrected chi connectivity index (χ4v) is 2.46. The topological polar surface area (TPSA) is 41.5 Å². The summed E-state index contributed by atoms with van der Waals surface area (Å²) in [5.74, 6) is 0.187. The summed E-state index contributed by atoms with van der Waals surface area (Å²) in [7, 11) is 0. The van der Waals surface area contributed by atoms with E-state index in [1.807, 2.05) is 0 Å². The van der Waals surface area contributed by atoms with E-state index in [4.69, 9.17) is 23.2 Å². The van der Waals surface area contributed by atoms with E-state index < -0.39 is 0 Å². The molecular weight excluding hydrogens is 283 g/mol. The van der Waals surface area contributed by atoms with Gasteiger partial charge in [-0.05, 0) is 43.4 Å². The van der Waals surface area contributed by atoms with Crippen molar-refractivity contribution in [3.05, 3.63) is 33.8 Å². The van der Waals surface area contributed by atoms with Gasteiger partial charge in [-0.25, -0.2) is 5.43 Å². The fraction of sp³-hybridized carbons (Fsp3) is 0.429. The Morgan fingerprint density at radius 3 is 2.79 bits per heavy atom. The van der Waals surface area contributed by atoms with Gasteiger partial charge in [0.15, 0.2) is 0 Å². The lowest BCUT2D eigenvalue weighted by Crippen LogP contribution is -2.24. The van der Waals surface area contributed by atoms with E-state index in [-0.39, 0.29) is 5.91 Å². The van der Waals surface area contributed by atoms with Gasteiger partial charge in [0.05, 0.1) is 10.0 Å². The van der Waals surface area contributed by atoms with Gasteiger partial charge in [-0.15, -0.1) is 0 Å². The zero-order valence-electron chi connectivity index (χ0n) is 10.7. The van der Waals surface area contributed by atoms with Crippen molar-refractivity contribution in [2.45, 2.75) is 32.6 Å². The van der Waals surface area contributed by atoms with Crippen LogP contribution in [0.2, 0.25) is 10.0 Å². The highest BCUT2D eigenvalue weighted by Crippen LogP contribution is 2.23. The van der Waals surface area contributed by atoms with E-state index in [2.05, 4.69) is 17.5 Å². The number of hydrogen-bond acceptors (Lipinski definition) is 2. The highest BCUT2D eigenvalue weighted by atomic mass is 35.5. The van der Waals surface area contributed by atoms with Gasteiger partial charge < -0.3 is 0 Å². The van der Waals surface area contributed by atoms with Crippen molar-refractivity contribution in [2.24, 2.45) is 11.0 Å². The van der Waals surface area contributed by atoms with E-state index in [1.54, 1.807) is 18.2 Å². The van der Waals surface area contributed by atoms with Crippen LogP contribution < -0.4 is 5.43 Å². The maximum atomic E-state index is 11.9. The summed E-state index contributed by atoms with van der Waals surface area (Å²) in [5.41, 5.74) is 4.12. The molecule has 3 nitrogen and oxygen atoms in total. The van der Waals surface area contributed by atoms with E-state index in [0.29, 0.717) is 21.5 Å². The minimum absolute atomic E-state index is 0.260. The first-order valence-corrected chi connectivity index (χ1v) is 7.15. The molecule has 1 atom stereocenters. The maximum absolute atomic E-state index is 11.9. The fourth-order valence-electron chi connectivity index (χ4n) is 2.16. The molecule has 1 amide bonds. The highest BCUT2D eigenvalue weighted by molar-refractivity contribution is 6.42. The quantitative estimate of drug-likeness (QED) is 0.813. The van der Waals surface area contributed by atoms with Crippen LogP contribution in [0, 0.1) is 5.92 Å². The molecule has 0 radical (unpaired) electrons. The first kappa shape index (κ1) is 14.4. The summed E-state index contributed by atoms with van der Waals surface area (Å²) in [6.45, 7) is 2.14. The van der Waals surface area contributed by atoms with Crippen molar-refractivity contribution in [3.63, 3.8) is 0 Å². The minimum atomic E-state index is -0.260. The number of rotatable bonds is 2. The Labute approximate surface area is 123 Å². The molecule has 1 aromatic carbocycles. The first-order chi connectivity index (χ1) is 9.08. The monoisotopic (exact) mass is 298 g/mol. The number of benzene rings is 1. The Kier molecular flexibility index (Phi) is 4.83. The van der Waals surface area contributed by atoms with Crippen molar-refractivity contribution in [2.75, 3.05) is 0 Å². The molecule has 0 bridgehead atoms. The van der Waals surface area contributed by atoms with Gasteiger partial charge in [-0.2, -0.15) is 5.10 Å². The van der Waals surface area contributed by atoms with Crippen molar-refractivity contribution in [1.29, 1.82) is 0 Å². The molecule has 1 fully saturated rings. The van der Waals surface area contributed by atoms with Crippen LogP contribution in [0.3, 0.4) is 0 Å². The van der Waals surface area contributed by atoms with Crippen molar-refractivity contribution >= 4 is 34.8 Å². The van der Waals surface area contributed by atoms with Crippen LogP contribution in [0.25, 0.3) is 0 Å². The Balaban J connectivity index is 2.04. The molecule has 0 aromatic heterocycles. The summed E-state index contributed by atoms with van der Waals surface area (Å²) < 4.78 is 0. The molecule has 0 heterocycles. The van der Waals surface area contributed by atoms with Crippen molar-refractivity contribution in [1.82, 2.24) is 5.43 Å². The van der Waals surface area contributed by atoms with Gasteiger partial charge >= 0.3 is 0 Å². The van der Waals surface area contributed by atoms with E-state index in [0.717, 1.165) is 25.0 Å². The molecule has 19 heavy (non-hydrogen) atoms. The SMILES string of the molecule is CC1CCCC/C1=N\NC(=O)c1ccc(Cl)c(Cl)c1. The lowest BCUT2D eigenvalue weighted by atomic mass is 9.89. The molecule has 1 aliphatic carbocycles. The lowest BCUT2D eigenvalue weighted by Gasteiger charge is -2.19. The summed E-state index contributed by atoms with van der Waals surface area (Å²) in [6, 6.07) is 4.78. The van der Waals surface area contributed by atoms with Crippen molar-refractivity contribution < 1.29 is 4.79 Å². The second-order valence-electron chi connectivity index (χ2n) is 4.82. The summed E-state index contributed by atoms with van der Waals surface area (Å²) >= 11 is 11.7. The smallest absolute Gasteiger partial charge is 0.267 e. The molecule has 5 heteroatoms. The number of carbonyl (C=O) groups is 1. The standard InChI is InChI=1S/C14H16Cl2N2O/c1-9-4-2-3-5-13(9)17-18-14(19)10-6-7-11(15)12(16)8-10/h6-9H,2-5H2,1H3,(H,18,19)/b17-13+. The van der Waals surface area contributed by atoms with E-state index in [9.17, 15) is 4.79 Å². The number of nitrogens with one attached hydrogen (secondary N) is 1. The van der Waals surface area contributed by atoms with E-state index in [1.165, 1.54) is 6.42 Å². The summed E-state index contributed by atoms with van der Waals surface area (Å²) in [4.78, 5) is 11.9. The third-order valence-corrected chi connectivity index (χ3v) is 4.11. The number of nitrogens with zero attached hydrogens (tertiary/aromatic N) is 1. The molecule has 0 spiro atoms. The van der Waals surface area contributed by atoms with Gasteiger partial charge in [-0.1, -0.05) is 36.5 Å². The summed E-state index contributed by atoms with van der Waals surface area (Å²) in [5, 5.41) is 5.04. The molecule has 1 unspecified atom stereocenters. The largest absolute Gasteiger partial charge is 0.271 e. The molecule has 2 rings (SSSR count). The van der Waals surface area contributed by atoms with Crippen molar-refractivity contribution in [3.8, 4) is 0 Å². The Bertz CT molecular complexity index is 514. The van der Waals surface area contributed by atoms with Gasteiger partial charge in [0.1, 0.15) is 0 Å². The Morgan fingerprint density at radius 2 is 2.11 bits per heavy atom. The van der Waals surface area contributed by atoms with Crippen LogP contribution in [-0.2, 0) is 0 Å². The number of hydrogen-bond donors (Lipinski definition) is 1. The van der Waals surface area contributed by atoms with Crippen LogP contribution in [-0.4, -0.2) is 11.6 Å². The molecule has 0 saturated heterocycles. The second-order valence-corrected chi connectivity index (χ2v) is 5.63. The average Bonchev–Trinajstić information content (AvgIpc) is 2.40. The molecule has 1 aliphatic rings. The summed E-state index contributed by atoms with van der Waals surface area (Å²) in [6.07, 6.45) is 4.48. The third kappa shape index (κ3) is 3.71. The van der Waals surface area contributed by atoms with Crippen LogP contribution in [0.1, 0.15) is 43.0 Å². The van der Waals surface area contributed by atoms with E-state index >= 15 is 0 Å². The highest BCUT2D eigenvalue weighted by Gasteiger charge is 2.16. The minimum Gasteiger partial charge on any atom is -0.267 e. The lowest BCUT2D eigenvalue weighted by molar-refractivity contribution is 0.0954. The molecule has 1 N–H and O–H groups in total. The zero-order valence-corrected chi connectivity index (χ0v) is 12.3. The van der Waals surface area contributed by atoms with Crippen LogP contribution in [0.5, 0.6) is 0 Å². The maximum Gasteiger partial charge on any atom is 0.271 e. The third-order valence-electron chi connectivity index (χ3n) is 3.37. The number of amides is 1. The molecule has 102 valence electrons. The first-order valence-electron chi connectivity index (χ1n) is 6.40. The van der Waals surface area contributed by atoms with Crippen LogP contribution in [0.4, 0.5) is 0 Å². The zero-order chi connectivity index (χ0) is 13.8. The molecular formula is C14H16Cl2N2O. The van der Waals surface area contributed by atoms with Gasteiger partial charge in [0.25, 0.3) is 5.91 Å². The average molecular weight is 299 g/mol. The van der Waals surface area contributed by atoms with Gasteiger partial charge in [0, 0.05) is 11.3 Å². The Morgan fingerprint density at radius 1 is 1.32 bits per heavy atom. The number of halogens is 2. The number of hydrazone groups is 1. The molecule has 1 saturated carbocycles. The van der Waals surface area contributed by atoms with Gasteiger partial charge in [-0.3, -0.25) is 4.79 Å². The predicted molar refractivity (Wildman–Crippen MR) is 79.0 cm³/mol. The number of carbonyl (C=O) groups excluding carboxylic acids is 1. The van der Waals surface area contributed by atoms with Gasteiger partial charge in [0.2, 0.25) is 0 Å². The second kappa shape index (κ2) is 6.40. The normalized spacial score (nSPS) is 21.4. The van der Waals surface area contributed by atoms with Crippen LogP contribution >= 0.6 is 23.2 Å². The molecule has 0 aliphatic heterocycles. The Hall–Kier alpha value is -1.06. The predicted octanol–water partition coefficient (Wildman–Crippen LogP) is 4.29. The molecule has 1 aromatic rings.